The molecule has 0 radical (unpaired) electrons. The van der Waals surface area contributed by atoms with E-state index in [-0.39, 0.29) is 47.6 Å². The molecular weight excluding hydrogens is 492 g/mol. The number of hydrogen-bond donors (Lipinski definition) is 3. The standard InChI is InChI=1S/C27H40N4O3S2/c1-17-24(26(33)30-19-8-4-3-5-9-19)25(18-12-13-35-15-18)20(14-28)27(29-17)36-16-23(32)31-21-10-6-7-11-22(21)34-2/h18-19,21-22,25,29H,3-13,15-16H2,1-2H3,(H,30,33)(H,31,32). The topological polar surface area (TPSA) is 103 Å². The fourth-order valence-corrected chi connectivity index (χ4v) is 8.31. The Balaban J connectivity index is 1.48. The van der Waals surface area contributed by atoms with Crippen LogP contribution < -0.4 is 16.0 Å². The van der Waals surface area contributed by atoms with Crippen LogP contribution in [0.25, 0.3) is 0 Å². The van der Waals surface area contributed by atoms with Crippen molar-refractivity contribution in [3.63, 3.8) is 0 Å². The Morgan fingerprint density at radius 3 is 2.56 bits per heavy atom. The van der Waals surface area contributed by atoms with Gasteiger partial charge in [0.15, 0.2) is 0 Å². The number of allylic oxidation sites excluding steroid dienone is 2. The van der Waals surface area contributed by atoms with Crippen LogP contribution in [0.3, 0.4) is 0 Å². The highest BCUT2D eigenvalue weighted by atomic mass is 32.2. The molecule has 7 nitrogen and oxygen atoms in total. The van der Waals surface area contributed by atoms with Gasteiger partial charge in [-0.2, -0.15) is 17.0 Å². The first-order chi connectivity index (χ1) is 17.5. The highest BCUT2D eigenvalue weighted by Crippen LogP contribution is 2.43. The molecule has 2 amide bonds. The molecule has 36 heavy (non-hydrogen) atoms. The fourth-order valence-electron chi connectivity index (χ4n) is 6.10. The summed E-state index contributed by atoms with van der Waals surface area (Å²) in [6.07, 6.45) is 10.8. The van der Waals surface area contributed by atoms with Gasteiger partial charge < -0.3 is 20.7 Å². The summed E-state index contributed by atoms with van der Waals surface area (Å²) in [5.74, 6) is 2.17. The first-order valence-corrected chi connectivity index (χ1v) is 15.6. The van der Waals surface area contributed by atoms with Crippen LogP contribution in [0.1, 0.15) is 71.1 Å². The zero-order chi connectivity index (χ0) is 25.5. The van der Waals surface area contributed by atoms with Gasteiger partial charge in [0.25, 0.3) is 0 Å². The number of carbonyl (C=O) groups excluding carboxylic acids is 2. The van der Waals surface area contributed by atoms with Crippen LogP contribution in [-0.4, -0.2) is 54.4 Å². The lowest BCUT2D eigenvalue weighted by Crippen LogP contribution is -2.46. The first-order valence-electron chi connectivity index (χ1n) is 13.5. The highest BCUT2D eigenvalue weighted by Gasteiger charge is 2.40. The summed E-state index contributed by atoms with van der Waals surface area (Å²) in [5.41, 5.74) is 2.12. The van der Waals surface area contributed by atoms with E-state index in [2.05, 4.69) is 22.0 Å². The van der Waals surface area contributed by atoms with Gasteiger partial charge in [-0.1, -0.05) is 43.9 Å². The second kappa shape index (κ2) is 13.3. The Morgan fingerprint density at radius 2 is 1.86 bits per heavy atom. The van der Waals surface area contributed by atoms with Crippen LogP contribution >= 0.6 is 23.5 Å². The molecule has 4 atom stereocenters. The van der Waals surface area contributed by atoms with Crippen LogP contribution in [0.4, 0.5) is 0 Å². The second-order valence-electron chi connectivity index (χ2n) is 10.4. The van der Waals surface area contributed by atoms with Crippen LogP contribution in [0.15, 0.2) is 21.9 Å². The van der Waals surface area contributed by atoms with Gasteiger partial charge in [-0.3, -0.25) is 9.59 Å². The third-order valence-electron chi connectivity index (χ3n) is 8.01. The van der Waals surface area contributed by atoms with Crippen LogP contribution in [-0.2, 0) is 14.3 Å². The lowest BCUT2D eigenvalue weighted by atomic mass is 9.77. The summed E-state index contributed by atoms with van der Waals surface area (Å²) in [6.45, 7) is 1.94. The third-order valence-corrected chi connectivity index (χ3v) is 10.2. The monoisotopic (exact) mass is 532 g/mol. The average molecular weight is 533 g/mol. The lowest BCUT2D eigenvalue weighted by molar-refractivity contribution is -0.121. The molecule has 2 aliphatic carbocycles. The Labute approximate surface area is 224 Å². The molecule has 0 aromatic heterocycles. The molecule has 0 aromatic rings. The summed E-state index contributed by atoms with van der Waals surface area (Å²) in [6, 6.07) is 2.69. The number of thioether (sulfide) groups is 2. The number of dihydropyridines is 1. The molecule has 2 saturated carbocycles. The van der Waals surface area contributed by atoms with Crippen LogP contribution in [0.5, 0.6) is 0 Å². The largest absolute Gasteiger partial charge is 0.379 e. The zero-order valence-electron chi connectivity index (χ0n) is 21.6. The van der Waals surface area contributed by atoms with E-state index in [9.17, 15) is 14.9 Å². The van der Waals surface area contributed by atoms with Crippen molar-refractivity contribution in [3.8, 4) is 6.07 Å². The first kappa shape index (κ1) is 27.4. The van der Waals surface area contributed by atoms with E-state index < -0.39 is 0 Å². The maximum Gasteiger partial charge on any atom is 0.249 e. The Hall–Kier alpha value is -1.63. The van der Waals surface area contributed by atoms with Crippen molar-refractivity contribution in [1.82, 2.24) is 16.0 Å². The van der Waals surface area contributed by atoms with Gasteiger partial charge >= 0.3 is 0 Å². The summed E-state index contributed by atoms with van der Waals surface area (Å²) in [4.78, 5) is 26.4. The molecular formula is C27H40N4O3S2. The van der Waals surface area contributed by atoms with Crippen molar-refractivity contribution in [3.05, 3.63) is 21.9 Å². The predicted molar refractivity (Wildman–Crippen MR) is 146 cm³/mol. The number of nitrogens with zero attached hydrogens (tertiary/aromatic N) is 1. The third kappa shape index (κ3) is 6.62. The van der Waals surface area contributed by atoms with Crippen LogP contribution in [0.2, 0.25) is 0 Å². The molecule has 3 N–H and O–H groups in total. The number of nitrogens with one attached hydrogen (secondary N) is 3. The molecule has 0 spiro atoms. The van der Waals surface area contributed by atoms with Gasteiger partial charge in [-0.25, -0.2) is 0 Å². The number of ether oxygens (including phenoxy) is 1. The molecule has 1 saturated heterocycles. The van der Waals surface area contributed by atoms with E-state index in [1.807, 2.05) is 18.7 Å². The number of hydrogen-bond acceptors (Lipinski definition) is 7. The van der Waals surface area contributed by atoms with E-state index in [0.717, 1.165) is 75.0 Å². The van der Waals surface area contributed by atoms with Gasteiger partial charge in [-0.05, 0) is 56.5 Å². The van der Waals surface area contributed by atoms with Gasteiger partial charge in [0.2, 0.25) is 11.8 Å². The molecule has 0 aromatic carbocycles. The van der Waals surface area contributed by atoms with Crippen molar-refractivity contribution in [2.24, 2.45) is 11.8 Å². The van der Waals surface area contributed by atoms with E-state index in [0.29, 0.717) is 16.2 Å². The minimum atomic E-state index is -0.225. The highest BCUT2D eigenvalue weighted by molar-refractivity contribution is 8.03. The molecule has 0 bridgehead atoms. The maximum atomic E-state index is 13.5. The number of nitriles is 1. The van der Waals surface area contributed by atoms with E-state index in [1.54, 1.807) is 7.11 Å². The van der Waals surface area contributed by atoms with Crippen molar-refractivity contribution < 1.29 is 14.3 Å². The Kier molecular flexibility index (Phi) is 10.1. The summed E-state index contributed by atoms with van der Waals surface area (Å²) in [5, 5.41) is 20.7. The van der Waals surface area contributed by atoms with Gasteiger partial charge in [0.05, 0.1) is 34.6 Å². The molecule has 3 fully saturated rings. The Morgan fingerprint density at radius 1 is 1.11 bits per heavy atom. The molecule has 2 heterocycles. The van der Waals surface area contributed by atoms with Crippen molar-refractivity contribution in [2.75, 3.05) is 24.4 Å². The molecule has 4 aliphatic rings. The maximum absolute atomic E-state index is 13.5. The molecule has 2 aliphatic heterocycles. The number of carbonyl (C=O) groups is 2. The molecule has 198 valence electrons. The van der Waals surface area contributed by atoms with Gasteiger partial charge in [0.1, 0.15) is 0 Å². The number of amides is 2. The van der Waals surface area contributed by atoms with Crippen molar-refractivity contribution in [2.45, 2.75) is 89.3 Å². The zero-order valence-corrected chi connectivity index (χ0v) is 23.2. The smallest absolute Gasteiger partial charge is 0.249 e. The average Bonchev–Trinajstić information content (AvgIpc) is 3.42. The minimum absolute atomic E-state index is 0.0359. The van der Waals surface area contributed by atoms with Gasteiger partial charge in [0, 0.05) is 30.3 Å². The summed E-state index contributed by atoms with van der Waals surface area (Å²) >= 11 is 3.26. The van der Waals surface area contributed by atoms with Crippen molar-refractivity contribution >= 4 is 35.3 Å². The predicted octanol–water partition coefficient (Wildman–Crippen LogP) is 4.22. The van der Waals surface area contributed by atoms with E-state index >= 15 is 0 Å². The summed E-state index contributed by atoms with van der Waals surface area (Å²) < 4.78 is 5.58. The van der Waals surface area contributed by atoms with Crippen LogP contribution in [0, 0.1) is 23.2 Å². The summed E-state index contributed by atoms with van der Waals surface area (Å²) in [7, 11) is 1.71. The fraction of sp³-hybridized carbons (Fsp3) is 0.741. The van der Waals surface area contributed by atoms with Crippen molar-refractivity contribution in [1.29, 1.82) is 5.26 Å². The SMILES string of the molecule is COC1CCCCC1NC(=O)CSC1=C(C#N)C(C2CCSC2)C(C(=O)NC2CCCCC2)=C(C)N1. The Bertz CT molecular complexity index is 916. The van der Waals surface area contributed by atoms with Gasteiger partial charge in [-0.15, -0.1) is 0 Å². The number of rotatable bonds is 8. The van der Waals surface area contributed by atoms with E-state index in [4.69, 9.17) is 4.74 Å². The molecule has 9 heteroatoms. The second-order valence-corrected chi connectivity index (χ2v) is 12.6. The quantitative estimate of drug-likeness (QED) is 0.430. The number of methoxy groups -OCH3 is 1. The molecule has 4 rings (SSSR count). The lowest BCUT2D eigenvalue weighted by Gasteiger charge is -2.34. The van der Waals surface area contributed by atoms with E-state index in [1.165, 1.54) is 18.2 Å². The molecule has 4 unspecified atom stereocenters. The minimum Gasteiger partial charge on any atom is -0.379 e. The normalized spacial score (nSPS) is 29.5.